The number of hydrogen-bond acceptors (Lipinski definition) is 8. The molecule has 6 rings (SSSR count). The molecule has 0 spiro atoms. The van der Waals surface area contributed by atoms with E-state index in [1.807, 2.05) is 25.1 Å². The molecule has 14 heteroatoms. The zero-order valence-electron chi connectivity index (χ0n) is 24.3. The van der Waals surface area contributed by atoms with Crippen molar-refractivity contribution in [2.24, 2.45) is 5.92 Å². The zero-order valence-corrected chi connectivity index (χ0v) is 26.0. The number of hydrogen-bond donors (Lipinski definition) is 2. The third kappa shape index (κ3) is 5.89. The number of aromatic nitrogens is 1. The normalized spacial score (nSPS) is 19.1. The van der Waals surface area contributed by atoms with E-state index in [4.69, 9.17) is 9.47 Å². The molecule has 3 atom stereocenters. The van der Waals surface area contributed by atoms with Crippen LogP contribution in [0.1, 0.15) is 34.4 Å². The van der Waals surface area contributed by atoms with Gasteiger partial charge in [-0.25, -0.2) is 4.90 Å². The Bertz CT molecular complexity index is 1910. The van der Waals surface area contributed by atoms with Crippen molar-refractivity contribution in [3.05, 3.63) is 98.0 Å². The SMILES string of the molecule is CCOc1cc(C2c3sc(=O)[nH]c3SC3C(=O)N(c4ccccc4C(F)(F)F)C(=O)C32)ccc1OCC(=O)Nc1cccc(C)c1. The Balaban J connectivity index is 1.34. The van der Waals surface area contributed by atoms with Gasteiger partial charge in [0.25, 0.3) is 5.91 Å². The van der Waals surface area contributed by atoms with Crippen LogP contribution in [0.25, 0.3) is 0 Å². The maximum absolute atomic E-state index is 14.0. The largest absolute Gasteiger partial charge is 0.490 e. The van der Waals surface area contributed by atoms with Crippen LogP contribution in [0, 0.1) is 12.8 Å². The van der Waals surface area contributed by atoms with E-state index in [0.717, 1.165) is 40.8 Å². The van der Waals surface area contributed by atoms with Crippen molar-refractivity contribution in [2.75, 3.05) is 23.4 Å². The Morgan fingerprint density at radius 2 is 1.76 bits per heavy atom. The first-order valence-electron chi connectivity index (χ1n) is 14.2. The van der Waals surface area contributed by atoms with Crippen LogP contribution < -0.4 is 24.6 Å². The van der Waals surface area contributed by atoms with Crippen molar-refractivity contribution in [3.63, 3.8) is 0 Å². The molecule has 4 aromatic rings. The lowest BCUT2D eigenvalue weighted by Crippen LogP contribution is -2.33. The molecule has 0 saturated carbocycles. The molecule has 0 aliphatic carbocycles. The van der Waals surface area contributed by atoms with Crippen LogP contribution in [0.4, 0.5) is 24.5 Å². The summed E-state index contributed by atoms with van der Waals surface area (Å²) in [5.74, 6) is -3.49. The minimum atomic E-state index is -4.81. The monoisotopic (exact) mass is 669 g/mol. The number of H-pyrrole nitrogens is 1. The average Bonchev–Trinajstić information content (AvgIpc) is 3.50. The Morgan fingerprint density at radius 3 is 2.50 bits per heavy atom. The summed E-state index contributed by atoms with van der Waals surface area (Å²) in [5, 5.41) is 2.05. The number of ether oxygens (including phenoxy) is 2. The molecule has 2 aliphatic heterocycles. The number of nitrogens with one attached hydrogen (secondary N) is 2. The third-order valence-electron chi connectivity index (χ3n) is 7.56. The van der Waals surface area contributed by atoms with Gasteiger partial charge in [0.2, 0.25) is 11.8 Å². The zero-order chi connectivity index (χ0) is 32.7. The molecule has 3 heterocycles. The van der Waals surface area contributed by atoms with Crippen LogP contribution in [-0.2, 0) is 20.6 Å². The lowest BCUT2D eigenvalue weighted by atomic mass is 9.83. The smallest absolute Gasteiger partial charge is 0.418 e. The second-order valence-corrected chi connectivity index (χ2v) is 12.8. The van der Waals surface area contributed by atoms with Crippen LogP contribution in [0.2, 0.25) is 0 Å². The van der Waals surface area contributed by atoms with Crippen molar-refractivity contribution in [3.8, 4) is 11.5 Å². The third-order valence-corrected chi connectivity index (χ3v) is 9.96. The number of carbonyl (C=O) groups is 3. The molecule has 2 aliphatic rings. The maximum Gasteiger partial charge on any atom is 0.418 e. The topological polar surface area (TPSA) is 118 Å². The summed E-state index contributed by atoms with van der Waals surface area (Å²) in [6.07, 6.45) is -4.81. The first-order valence-corrected chi connectivity index (χ1v) is 15.9. The van der Waals surface area contributed by atoms with E-state index in [1.54, 1.807) is 31.2 Å². The predicted octanol–water partition coefficient (Wildman–Crippen LogP) is 5.98. The quantitative estimate of drug-likeness (QED) is 0.222. The molecule has 238 valence electrons. The standard InChI is InChI=1S/C32H26F3N3O6S2/c1-3-43-22-14-17(11-12-21(22)44-15-23(39)36-18-8-6-7-16(2)13-18)24-25-27(45-28-26(24)46-31(42)37-28)30(41)38(29(25)40)20-10-5-4-9-19(20)32(33,34)35/h4-14,24-25,27H,3,15H2,1-2H3,(H,36,39)(H,37,42). The minimum absolute atomic E-state index is 0.226. The molecule has 3 aromatic carbocycles. The van der Waals surface area contributed by atoms with Crippen LogP contribution >= 0.6 is 23.1 Å². The number of benzene rings is 3. The number of amides is 3. The fourth-order valence-electron chi connectivity index (χ4n) is 5.69. The molecule has 1 fully saturated rings. The van der Waals surface area contributed by atoms with Gasteiger partial charge in [-0.3, -0.25) is 19.2 Å². The van der Waals surface area contributed by atoms with Crippen molar-refractivity contribution < 1.29 is 37.0 Å². The molecular formula is C32H26F3N3O6S2. The molecule has 0 radical (unpaired) electrons. The van der Waals surface area contributed by atoms with Crippen LogP contribution in [0.5, 0.6) is 11.5 Å². The van der Waals surface area contributed by atoms with Crippen LogP contribution in [-0.4, -0.2) is 41.2 Å². The maximum atomic E-state index is 14.0. The molecule has 2 N–H and O–H groups in total. The number of rotatable bonds is 8. The van der Waals surface area contributed by atoms with Crippen molar-refractivity contribution in [1.29, 1.82) is 0 Å². The molecule has 0 bridgehead atoms. The highest BCUT2D eigenvalue weighted by atomic mass is 32.2. The summed E-state index contributed by atoms with van der Waals surface area (Å²) < 4.78 is 53.4. The van der Waals surface area contributed by atoms with Crippen LogP contribution in [0.15, 0.2) is 76.6 Å². The number of thiazole rings is 1. The Kier molecular flexibility index (Phi) is 8.42. The van der Waals surface area contributed by atoms with Gasteiger partial charge in [0, 0.05) is 16.5 Å². The number of alkyl halides is 3. The number of aromatic amines is 1. The predicted molar refractivity (Wildman–Crippen MR) is 167 cm³/mol. The number of halogens is 3. The highest BCUT2D eigenvalue weighted by Crippen LogP contribution is 2.54. The van der Waals surface area contributed by atoms with Crippen molar-refractivity contribution in [2.45, 2.75) is 36.2 Å². The van der Waals surface area contributed by atoms with Gasteiger partial charge in [0.05, 0.1) is 28.8 Å². The van der Waals surface area contributed by atoms with E-state index < -0.39 is 57.1 Å². The molecular weight excluding hydrogens is 643 g/mol. The first-order chi connectivity index (χ1) is 22.0. The summed E-state index contributed by atoms with van der Waals surface area (Å²) >= 11 is 1.83. The number of para-hydroxylation sites is 1. The average molecular weight is 670 g/mol. The number of nitrogens with zero attached hydrogens (tertiary/aromatic N) is 1. The fraction of sp³-hybridized carbons (Fsp3) is 0.250. The molecule has 1 saturated heterocycles. The van der Waals surface area contributed by atoms with Gasteiger partial charge in [0.15, 0.2) is 18.1 Å². The van der Waals surface area contributed by atoms with Gasteiger partial charge in [-0.1, -0.05) is 53.4 Å². The Hall–Kier alpha value is -4.56. The fourth-order valence-corrected chi connectivity index (χ4v) is 8.21. The molecule has 9 nitrogen and oxygen atoms in total. The van der Waals surface area contributed by atoms with Gasteiger partial charge in [-0.2, -0.15) is 13.2 Å². The summed E-state index contributed by atoms with van der Waals surface area (Å²) in [4.78, 5) is 56.1. The number of imide groups is 1. The first kappa shape index (κ1) is 31.4. The van der Waals surface area contributed by atoms with Gasteiger partial charge in [-0.15, -0.1) is 0 Å². The number of aryl methyl sites for hydroxylation is 1. The Labute approximate surface area is 268 Å². The number of fused-ring (bicyclic) bond motifs is 2. The number of carbonyl (C=O) groups excluding carboxylic acids is 3. The molecule has 3 unspecified atom stereocenters. The minimum Gasteiger partial charge on any atom is -0.490 e. The highest BCUT2D eigenvalue weighted by Gasteiger charge is 2.57. The molecule has 3 amide bonds. The Morgan fingerprint density at radius 1 is 0.978 bits per heavy atom. The van der Waals surface area contributed by atoms with Crippen molar-refractivity contribution >= 4 is 52.2 Å². The van der Waals surface area contributed by atoms with E-state index in [2.05, 4.69) is 10.3 Å². The summed E-state index contributed by atoms with van der Waals surface area (Å²) in [5.41, 5.74) is 0.425. The van der Waals surface area contributed by atoms with Crippen molar-refractivity contribution in [1.82, 2.24) is 4.98 Å². The van der Waals surface area contributed by atoms with Gasteiger partial charge < -0.3 is 19.8 Å². The second kappa shape index (κ2) is 12.3. The van der Waals surface area contributed by atoms with E-state index in [1.165, 1.54) is 12.1 Å². The number of thioether (sulfide) groups is 1. The summed E-state index contributed by atoms with van der Waals surface area (Å²) in [7, 11) is 0. The van der Waals surface area contributed by atoms with Gasteiger partial charge in [0.1, 0.15) is 5.25 Å². The molecule has 46 heavy (non-hydrogen) atoms. The summed E-state index contributed by atoms with van der Waals surface area (Å²) in [6.45, 7) is 3.55. The van der Waals surface area contributed by atoms with Gasteiger partial charge in [-0.05, 0) is 61.4 Å². The van der Waals surface area contributed by atoms with E-state index in [0.29, 0.717) is 26.1 Å². The highest BCUT2D eigenvalue weighted by molar-refractivity contribution is 8.00. The lowest BCUT2D eigenvalue weighted by Gasteiger charge is -2.30. The van der Waals surface area contributed by atoms with Gasteiger partial charge >= 0.3 is 11.0 Å². The number of anilines is 2. The van der Waals surface area contributed by atoms with E-state index in [9.17, 15) is 32.3 Å². The van der Waals surface area contributed by atoms with Crippen LogP contribution in [0.3, 0.4) is 0 Å². The van der Waals surface area contributed by atoms with E-state index >= 15 is 0 Å². The van der Waals surface area contributed by atoms with E-state index in [-0.39, 0.29) is 24.7 Å². The summed E-state index contributed by atoms with van der Waals surface area (Å²) in [6, 6.07) is 16.5. The molecule has 1 aromatic heterocycles. The lowest BCUT2D eigenvalue weighted by molar-refractivity contribution is -0.137. The second-order valence-electron chi connectivity index (χ2n) is 10.6.